The fourth-order valence-electron chi connectivity index (χ4n) is 3.41. The molecule has 0 N–H and O–H groups in total. The van der Waals surface area contributed by atoms with Crippen molar-refractivity contribution in [3.05, 3.63) is 66.2 Å². The van der Waals surface area contributed by atoms with Gasteiger partial charge in [-0.3, -0.25) is 0 Å². The van der Waals surface area contributed by atoms with Crippen LogP contribution in [0, 0.1) is 22.7 Å². The van der Waals surface area contributed by atoms with Crippen LogP contribution in [0.25, 0.3) is 39.8 Å². The standard InChI is InChI=1S/C20H9N11/c21-10-15-23-18-29-19(24-16(11-22)26-29)31-20(30(18)27-15)25-17(28-31)14-8-4-7-13(9-14)12-5-2-1-3-6-12/h1-9H. The van der Waals surface area contributed by atoms with Crippen LogP contribution in [-0.2, 0) is 0 Å². The van der Waals surface area contributed by atoms with Gasteiger partial charge < -0.3 is 0 Å². The number of hydrogen-bond acceptors (Lipinski definition) is 8. The van der Waals surface area contributed by atoms with E-state index in [2.05, 4.69) is 30.2 Å². The maximum Gasteiger partial charge on any atom is 0.261 e. The molecule has 0 atom stereocenters. The van der Waals surface area contributed by atoms with Crippen molar-refractivity contribution in [2.24, 2.45) is 0 Å². The van der Waals surface area contributed by atoms with Gasteiger partial charge in [0.1, 0.15) is 12.1 Å². The zero-order chi connectivity index (χ0) is 20.9. The number of nitrogens with zero attached hydrogens (tertiary/aromatic N) is 11. The van der Waals surface area contributed by atoms with Crippen molar-refractivity contribution < 1.29 is 0 Å². The Bertz CT molecular complexity index is 1620. The summed E-state index contributed by atoms with van der Waals surface area (Å²) in [4.78, 5) is 13.0. The Morgan fingerprint density at radius 1 is 0.581 bits per heavy atom. The second-order valence-electron chi connectivity index (χ2n) is 6.61. The minimum absolute atomic E-state index is 0.0565. The first-order chi connectivity index (χ1) is 15.2. The molecule has 0 saturated heterocycles. The van der Waals surface area contributed by atoms with Crippen LogP contribution in [0.4, 0.5) is 0 Å². The third-order valence-electron chi connectivity index (χ3n) is 4.77. The SMILES string of the molecule is N#Cc1nc2n(n1)c1nc(C#N)nn1c1nc(-c3cccc(-c4ccccc4)c3)nn21. The molecule has 0 unspecified atom stereocenters. The first-order valence-corrected chi connectivity index (χ1v) is 9.13. The Hall–Kier alpha value is -5.16. The summed E-state index contributed by atoms with van der Waals surface area (Å²) in [6.45, 7) is 0. The van der Waals surface area contributed by atoms with Gasteiger partial charge in [-0.1, -0.05) is 48.5 Å². The lowest BCUT2D eigenvalue weighted by atomic mass is 10.0. The van der Waals surface area contributed by atoms with E-state index in [0.29, 0.717) is 11.6 Å². The minimum Gasteiger partial charge on any atom is -0.189 e. The molecular formula is C20H9N11. The Morgan fingerprint density at radius 2 is 1.13 bits per heavy atom. The quantitative estimate of drug-likeness (QED) is 0.427. The molecule has 0 aliphatic rings. The van der Waals surface area contributed by atoms with Crippen molar-refractivity contribution in [3.63, 3.8) is 0 Å². The molecule has 144 valence electrons. The van der Waals surface area contributed by atoms with E-state index in [4.69, 9.17) is 0 Å². The first-order valence-electron chi connectivity index (χ1n) is 9.13. The molecule has 6 aromatic rings. The summed E-state index contributed by atoms with van der Waals surface area (Å²) in [5, 5.41) is 31.3. The van der Waals surface area contributed by atoms with Crippen molar-refractivity contribution in [2.75, 3.05) is 0 Å². The van der Waals surface area contributed by atoms with Crippen LogP contribution >= 0.6 is 0 Å². The summed E-state index contributed by atoms with van der Waals surface area (Å²) < 4.78 is 4.11. The number of aromatic nitrogens is 9. The third-order valence-corrected chi connectivity index (χ3v) is 4.77. The van der Waals surface area contributed by atoms with Crippen molar-refractivity contribution >= 4 is 17.3 Å². The molecule has 0 bridgehead atoms. The van der Waals surface area contributed by atoms with Crippen LogP contribution in [0.3, 0.4) is 0 Å². The van der Waals surface area contributed by atoms with E-state index in [0.717, 1.165) is 16.7 Å². The predicted octanol–water partition coefficient (Wildman–Crippen LogP) is 1.89. The summed E-state index contributed by atoms with van der Waals surface area (Å²) in [6, 6.07) is 21.6. The van der Waals surface area contributed by atoms with E-state index in [9.17, 15) is 10.5 Å². The third kappa shape index (κ3) is 2.44. The van der Waals surface area contributed by atoms with Gasteiger partial charge in [0.15, 0.2) is 5.82 Å². The van der Waals surface area contributed by atoms with Crippen molar-refractivity contribution in [2.45, 2.75) is 0 Å². The molecule has 0 radical (unpaired) electrons. The summed E-state index contributed by atoms with van der Waals surface area (Å²) >= 11 is 0. The number of fused-ring (bicyclic) bond motifs is 6. The number of rotatable bonds is 2. The van der Waals surface area contributed by atoms with E-state index in [1.807, 2.05) is 66.7 Å². The lowest BCUT2D eigenvalue weighted by Crippen LogP contribution is -2.06. The maximum absolute atomic E-state index is 9.23. The van der Waals surface area contributed by atoms with Crippen LogP contribution in [0.5, 0.6) is 0 Å². The number of hydrogen-bond donors (Lipinski definition) is 0. The molecule has 31 heavy (non-hydrogen) atoms. The molecular weight excluding hydrogens is 394 g/mol. The number of benzene rings is 2. The first kappa shape index (κ1) is 16.8. The van der Waals surface area contributed by atoms with E-state index in [-0.39, 0.29) is 23.2 Å². The van der Waals surface area contributed by atoms with Gasteiger partial charge in [0.2, 0.25) is 0 Å². The Morgan fingerprint density at radius 3 is 1.77 bits per heavy atom. The average molecular weight is 403 g/mol. The summed E-state index contributed by atoms with van der Waals surface area (Å²) in [5.74, 6) is 1.08. The van der Waals surface area contributed by atoms with Gasteiger partial charge in [-0.15, -0.1) is 15.3 Å². The molecule has 0 saturated carbocycles. The van der Waals surface area contributed by atoms with Gasteiger partial charge in [-0.2, -0.15) is 39.0 Å². The molecule has 0 amide bonds. The van der Waals surface area contributed by atoms with Gasteiger partial charge in [0, 0.05) is 5.56 Å². The highest BCUT2D eigenvalue weighted by Crippen LogP contribution is 2.25. The monoisotopic (exact) mass is 403 g/mol. The topological polar surface area (TPSA) is 138 Å². The summed E-state index contributed by atoms with van der Waals surface area (Å²) in [7, 11) is 0. The van der Waals surface area contributed by atoms with Gasteiger partial charge in [0.05, 0.1) is 0 Å². The van der Waals surface area contributed by atoms with Crippen LogP contribution in [0.2, 0.25) is 0 Å². The smallest absolute Gasteiger partial charge is 0.189 e. The lowest BCUT2D eigenvalue weighted by molar-refractivity contribution is 0.814. The molecule has 0 aliphatic carbocycles. The highest BCUT2D eigenvalue weighted by atomic mass is 15.5. The molecule has 0 fully saturated rings. The maximum atomic E-state index is 9.23. The lowest BCUT2D eigenvalue weighted by Gasteiger charge is -2.02. The minimum atomic E-state index is -0.0565. The molecule has 0 spiro atoms. The van der Waals surface area contributed by atoms with Gasteiger partial charge in [-0.05, 0) is 17.2 Å². The zero-order valence-electron chi connectivity index (χ0n) is 15.6. The predicted molar refractivity (Wildman–Crippen MR) is 106 cm³/mol. The molecule has 6 rings (SSSR count). The highest BCUT2D eigenvalue weighted by Gasteiger charge is 2.20. The van der Waals surface area contributed by atoms with Crippen LogP contribution in [-0.4, -0.2) is 43.8 Å². The summed E-state index contributed by atoms with van der Waals surface area (Å²) in [5.41, 5.74) is 2.88. The molecule has 4 heterocycles. The fourth-order valence-corrected chi connectivity index (χ4v) is 3.41. The van der Waals surface area contributed by atoms with Crippen LogP contribution in [0.15, 0.2) is 54.6 Å². The second kappa shape index (κ2) is 6.17. The zero-order valence-corrected chi connectivity index (χ0v) is 15.6. The Balaban J connectivity index is 1.63. The normalized spacial score (nSPS) is 11.2. The fraction of sp³-hybridized carbons (Fsp3) is 0. The van der Waals surface area contributed by atoms with Gasteiger partial charge in [0.25, 0.3) is 29.0 Å². The molecule has 0 aliphatic heterocycles. The summed E-state index contributed by atoms with van der Waals surface area (Å²) in [6.07, 6.45) is 0. The van der Waals surface area contributed by atoms with E-state index in [1.165, 1.54) is 13.5 Å². The van der Waals surface area contributed by atoms with E-state index < -0.39 is 0 Å². The van der Waals surface area contributed by atoms with Crippen LogP contribution < -0.4 is 0 Å². The van der Waals surface area contributed by atoms with Gasteiger partial charge in [-0.25, -0.2) is 0 Å². The molecule has 11 nitrogen and oxygen atoms in total. The van der Waals surface area contributed by atoms with E-state index in [1.54, 1.807) is 0 Å². The van der Waals surface area contributed by atoms with Crippen molar-refractivity contribution in [1.82, 2.24) is 43.8 Å². The van der Waals surface area contributed by atoms with Crippen molar-refractivity contribution in [3.8, 4) is 34.7 Å². The van der Waals surface area contributed by atoms with Crippen molar-refractivity contribution in [1.29, 1.82) is 10.5 Å². The highest BCUT2D eigenvalue weighted by molar-refractivity contribution is 5.71. The number of nitriles is 2. The Kier molecular flexibility index (Phi) is 3.34. The van der Waals surface area contributed by atoms with Crippen LogP contribution in [0.1, 0.15) is 11.6 Å². The largest absolute Gasteiger partial charge is 0.261 e. The Labute approximate surface area is 173 Å². The van der Waals surface area contributed by atoms with E-state index >= 15 is 0 Å². The molecule has 2 aromatic carbocycles. The molecule has 11 heteroatoms. The molecule has 4 aromatic heterocycles. The average Bonchev–Trinajstić information content (AvgIpc) is 3.55. The van der Waals surface area contributed by atoms with Gasteiger partial charge >= 0.3 is 0 Å². The second-order valence-corrected chi connectivity index (χ2v) is 6.61.